The zero-order valence-corrected chi connectivity index (χ0v) is 14.7. The summed E-state index contributed by atoms with van der Waals surface area (Å²) < 4.78 is 2.54. The van der Waals surface area contributed by atoms with Gasteiger partial charge in [0.2, 0.25) is 5.84 Å². The molecule has 0 aliphatic carbocycles. The number of hydrogen-bond acceptors (Lipinski definition) is 2. The summed E-state index contributed by atoms with van der Waals surface area (Å²) in [5.41, 5.74) is 1.34. The summed E-state index contributed by atoms with van der Waals surface area (Å²) in [6, 6.07) is 9.47. The molecule has 128 valence electrons. The molecule has 0 aromatic heterocycles. The third-order valence-corrected chi connectivity index (χ3v) is 4.21. The van der Waals surface area contributed by atoms with Gasteiger partial charge in [-0.3, -0.25) is 14.9 Å². The molecule has 0 amide bonds. The van der Waals surface area contributed by atoms with Crippen LogP contribution in [0, 0.1) is 0 Å². The van der Waals surface area contributed by atoms with Gasteiger partial charge in [0.1, 0.15) is 0 Å². The third-order valence-electron chi connectivity index (χ3n) is 4.21. The predicted molar refractivity (Wildman–Crippen MR) is 103 cm³/mol. The monoisotopic (exact) mass is 324 g/mol. The van der Waals surface area contributed by atoms with Gasteiger partial charge in [-0.2, -0.15) is 0 Å². The first kappa shape index (κ1) is 18.2. The Balaban J connectivity index is 0.000000175. The molecule has 1 N–H and O–H groups in total. The van der Waals surface area contributed by atoms with Crippen LogP contribution >= 0.6 is 0 Å². The zero-order chi connectivity index (χ0) is 17.0. The van der Waals surface area contributed by atoms with Crippen molar-refractivity contribution < 1.29 is 4.58 Å². The molecule has 0 fully saturated rings. The van der Waals surface area contributed by atoms with Gasteiger partial charge in [0.05, 0.1) is 25.3 Å². The van der Waals surface area contributed by atoms with Crippen LogP contribution in [0.4, 0.5) is 0 Å². The van der Waals surface area contributed by atoms with Gasteiger partial charge < -0.3 is 5.41 Å². The van der Waals surface area contributed by atoms with Gasteiger partial charge in [-0.25, -0.2) is 5.87 Å². The van der Waals surface area contributed by atoms with E-state index in [1.165, 1.54) is 57.6 Å². The highest BCUT2D eigenvalue weighted by atomic mass is 15.1. The first-order valence-corrected chi connectivity index (χ1v) is 9.04. The lowest BCUT2D eigenvalue weighted by Crippen LogP contribution is -2.40. The molecule has 2 aliphatic heterocycles. The van der Waals surface area contributed by atoms with Crippen LogP contribution in [0.1, 0.15) is 51.0 Å². The van der Waals surface area contributed by atoms with E-state index in [1.807, 2.05) is 37.3 Å². The van der Waals surface area contributed by atoms with E-state index in [9.17, 15) is 0 Å². The van der Waals surface area contributed by atoms with Crippen LogP contribution in [0.15, 0.2) is 35.3 Å². The molecule has 0 saturated carbocycles. The molecule has 1 aromatic carbocycles. The summed E-state index contributed by atoms with van der Waals surface area (Å²) >= 11 is 0. The molecule has 0 atom stereocenters. The maximum absolute atomic E-state index is 8.81. The van der Waals surface area contributed by atoms with Gasteiger partial charge in [0.15, 0.2) is 0 Å². The van der Waals surface area contributed by atoms with E-state index >= 15 is 0 Å². The molecule has 0 unspecified atom stereocenters. The van der Waals surface area contributed by atoms with Crippen LogP contribution in [-0.2, 0) is 0 Å². The van der Waals surface area contributed by atoms with E-state index in [0.29, 0.717) is 5.70 Å². The van der Waals surface area contributed by atoms with Crippen molar-refractivity contribution in [2.75, 3.05) is 19.6 Å². The Bertz CT molecular complexity index is 592. The maximum atomic E-state index is 8.81. The van der Waals surface area contributed by atoms with Gasteiger partial charge >= 0.3 is 0 Å². The second-order valence-corrected chi connectivity index (χ2v) is 6.07. The van der Waals surface area contributed by atoms with E-state index in [-0.39, 0.29) is 0 Å². The minimum Gasteiger partial charge on any atom is -0.761 e. The molecular formula is C20H28N4. The standard InChI is InChI=1S/C11H11N2.C9H16N2/c1-2-8-13-11(9-12)10-6-4-3-5-7-10;1-2-5-9-10-6-4-8-11(9)7-3-1/h3-8H,2H2,1H3;1-8H2/q-1;/p+1. The van der Waals surface area contributed by atoms with E-state index in [0.717, 1.165) is 12.0 Å². The first-order valence-electron chi connectivity index (χ1n) is 9.04. The lowest BCUT2D eigenvalue weighted by atomic mass is 10.2. The molecule has 4 heteroatoms. The highest BCUT2D eigenvalue weighted by molar-refractivity contribution is 5.93. The lowest BCUT2D eigenvalue weighted by molar-refractivity contribution is -0.534. The summed E-state index contributed by atoms with van der Waals surface area (Å²) in [4.78, 5) is 4.06. The summed E-state index contributed by atoms with van der Waals surface area (Å²) in [7, 11) is 0. The smallest absolute Gasteiger partial charge is 0.244 e. The van der Waals surface area contributed by atoms with Crippen molar-refractivity contribution in [1.82, 2.24) is 5.32 Å². The van der Waals surface area contributed by atoms with Crippen LogP contribution in [-0.4, -0.2) is 42.1 Å². The van der Waals surface area contributed by atoms with Crippen molar-refractivity contribution in [3.8, 4) is 0 Å². The molecule has 2 heterocycles. The van der Waals surface area contributed by atoms with Crippen LogP contribution in [0.2, 0.25) is 0 Å². The van der Waals surface area contributed by atoms with Crippen molar-refractivity contribution in [3.63, 3.8) is 0 Å². The Kier molecular flexibility index (Phi) is 7.99. The quantitative estimate of drug-likeness (QED) is 0.669. The molecule has 0 saturated heterocycles. The largest absolute Gasteiger partial charge is 0.761 e. The second-order valence-electron chi connectivity index (χ2n) is 6.07. The van der Waals surface area contributed by atoms with Crippen LogP contribution in [0.25, 0.3) is 11.1 Å². The van der Waals surface area contributed by atoms with Crippen LogP contribution < -0.4 is 5.32 Å². The fourth-order valence-corrected chi connectivity index (χ4v) is 2.96. The van der Waals surface area contributed by atoms with E-state index in [2.05, 4.69) is 20.8 Å². The van der Waals surface area contributed by atoms with Crippen molar-refractivity contribution >= 4 is 23.6 Å². The Morgan fingerprint density at radius 3 is 2.75 bits per heavy atom. The number of rotatable bonds is 3. The maximum Gasteiger partial charge on any atom is 0.244 e. The van der Waals surface area contributed by atoms with E-state index < -0.39 is 0 Å². The Labute approximate surface area is 145 Å². The van der Waals surface area contributed by atoms with Crippen LogP contribution in [0.3, 0.4) is 0 Å². The number of hydrogen-bond donors (Lipinski definition) is 1. The number of amidine groups is 1. The van der Waals surface area contributed by atoms with Gasteiger partial charge in [0.25, 0.3) is 0 Å². The summed E-state index contributed by atoms with van der Waals surface area (Å²) in [5.74, 6) is 3.59. The molecule has 0 radical (unpaired) electrons. The molecule has 2 aliphatic rings. The predicted octanol–water partition coefficient (Wildman–Crippen LogP) is 3.71. The van der Waals surface area contributed by atoms with Gasteiger partial charge in [-0.15, -0.1) is 0 Å². The fourth-order valence-electron chi connectivity index (χ4n) is 2.96. The molecular weight excluding hydrogens is 296 g/mol. The Morgan fingerprint density at radius 1 is 1.21 bits per heavy atom. The Hall–Kier alpha value is -2.19. The van der Waals surface area contributed by atoms with Crippen molar-refractivity contribution in [1.29, 1.82) is 0 Å². The fraction of sp³-hybridized carbons (Fsp3) is 0.500. The van der Waals surface area contributed by atoms with Crippen molar-refractivity contribution in [2.24, 2.45) is 4.99 Å². The minimum absolute atomic E-state index is 0.474. The lowest BCUT2D eigenvalue weighted by Gasteiger charge is -2.14. The molecule has 0 bridgehead atoms. The average Bonchev–Trinajstić information content (AvgIpc) is 2.89. The third kappa shape index (κ3) is 5.78. The second kappa shape index (κ2) is 10.6. The molecule has 0 spiro atoms. The summed E-state index contributed by atoms with van der Waals surface area (Å²) in [5, 5.41) is 12.3. The molecule has 4 nitrogen and oxygen atoms in total. The number of aliphatic imine (C=N–C) groups is 1. The topological polar surface area (TPSA) is 49.7 Å². The first-order chi connectivity index (χ1) is 11.8. The van der Waals surface area contributed by atoms with E-state index in [1.54, 1.807) is 6.21 Å². The highest BCUT2D eigenvalue weighted by Gasteiger charge is 2.19. The molecule has 24 heavy (non-hydrogen) atoms. The van der Waals surface area contributed by atoms with E-state index in [4.69, 9.17) is 5.41 Å². The van der Waals surface area contributed by atoms with Crippen molar-refractivity contribution in [3.05, 3.63) is 41.3 Å². The van der Waals surface area contributed by atoms with Gasteiger partial charge in [-0.1, -0.05) is 37.3 Å². The summed E-state index contributed by atoms with van der Waals surface area (Å²) in [6.45, 7) is 5.78. The zero-order valence-electron chi connectivity index (χ0n) is 14.7. The Morgan fingerprint density at radius 2 is 2.00 bits per heavy atom. The SMILES string of the molecule is C1CCC2=[N+](CC1)CCCN2.CCC=NC(=C=[N-])c1ccccc1. The van der Waals surface area contributed by atoms with Gasteiger partial charge in [-0.05, 0) is 25.7 Å². The normalized spacial score (nSPS) is 17.0. The van der Waals surface area contributed by atoms with Gasteiger partial charge in [0, 0.05) is 24.6 Å². The average molecular weight is 324 g/mol. The number of benzene rings is 1. The van der Waals surface area contributed by atoms with Crippen LogP contribution in [0.5, 0.6) is 0 Å². The number of nitrogens with one attached hydrogen (secondary N) is 1. The number of nitrogens with zero attached hydrogens (tertiary/aromatic N) is 3. The van der Waals surface area contributed by atoms with Crippen molar-refractivity contribution in [2.45, 2.75) is 45.4 Å². The summed E-state index contributed by atoms with van der Waals surface area (Å²) in [6.07, 6.45) is 9.40. The highest BCUT2D eigenvalue weighted by Crippen LogP contribution is 2.11. The molecule has 1 aromatic rings. The minimum atomic E-state index is 0.474. The molecule has 3 rings (SSSR count).